The SMILES string of the molecule is C=C(N)/C(Br)=C\C(C)OC. The maximum Gasteiger partial charge on any atom is 0.0738 e. The Hall–Kier alpha value is -0.280. The summed E-state index contributed by atoms with van der Waals surface area (Å²) >= 11 is 3.24. The minimum atomic E-state index is 0.0645. The summed E-state index contributed by atoms with van der Waals surface area (Å²) in [6.07, 6.45) is 1.91. The second-order valence-corrected chi connectivity index (χ2v) is 2.84. The van der Waals surface area contributed by atoms with Gasteiger partial charge in [0.05, 0.1) is 6.10 Å². The molecule has 0 aliphatic carbocycles. The number of hydrogen-bond acceptors (Lipinski definition) is 2. The summed E-state index contributed by atoms with van der Waals surface area (Å²) < 4.78 is 5.76. The quantitative estimate of drug-likeness (QED) is 0.714. The van der Waals surface area contributed by atoms with Gasteiger partial charge in [-0.15, -0.1) is 0 Å². The Bertz CT molecular complexity index is 154. The van der Waals surface area contributed by atoms with E-state index < -0.39 is 0 Å². The molecular formula is C7H12BrNO. The number of halogens is 1. The highest BCUT2D eigenvalue weighted by molar-refractivity contribution is 9.11. The van der Waals surface area contributed by atoms with Crippen LogP contribution in [0.25, 0.3) is 0 Å². The van der Waals surface area contributed by atoms with Crippen molar-refractivity contribution in [3.05, 3.63) is 22.8 Å². The summed E-state index contributed by atoms with van der Waals surface area (Å²) in [6.45, 7) is 5.47. The molecule has 0 saturated carbocycles. The summed E-state index contributed by atoms with van der Waals surface area (Å²) in [6, 6.07) is 0. The number of rotatable bonds is 3. The van der Waals surface area contributed by atoms with Crippen molar-refractivity contribution in [2.45, 2.75) is 13.0 Å². The van der Waals surface area contributed by atoms with Gasteiger partial charge in [-0.3, -0.25) is 0 Å². The standard InChI is InChI=1S/C7H12BrNO/c1-5(10-3)4-7(8)6(2)9/h4-5H,2,9H2,1,3H3/b7-4+. The van der Waals surface area contributed by atoms with E-state index in [1.54, 1.807) is 7.11 Å². The molecule has 0 aromatic heterocycles. The van der Waals surface area contributed by atoms with E-state index in [2.05, 4.69) is 22.5 Å². The third-order valence-electron chi connectivity index (χ3n) is 1.06. The van der Waals surface area contributed by atoms with E-state index in [4.69, 9.17) is 10.5 Å². The number of methoxy groups -OCH3 is 1. The number of nitrogens with two attached hydrogens (primary N) is 1. The van der Waals surface area contributed by atoms with Crippen LogP contribution in [0.1, 0.15) is 6.92 Å². The van der Waals surface area contributed by atoms with Crippen molar-refractivity contribution in [3.8, 4) is 0 Å². The van der Waals surface area contributed by atoms with Gasteiger partial charge >= 0.3 is 0 Å². The Morgan fingerprint density at radius 1 is 1.80 bits per heavy atom. The lowest BCUT2D eigenvalue weighted by atomic mass is 10.3. The number of allylic oxidation sites excluding steroid dienone is 1. The molecule has 3 heteroatoms. The summed E-state index contributed by atoms with van der Waals surface area (Å²) in [5.74, 6) is 0. The molecule has 2 N–H and O–H groups in total. The maximum atomic E-state index is 5.37. The molecule has 0 radical (unpaired) electrons. The molecule has 0 aliphatic rings. The van der Waals surface area contributed by atoms with Gasteiger partial charge in [0.2, 0.25) is 0 Å². The van der Waals surface area contributed by atoms with E-state index >= 15 is 0 Å². The van der Waals surface area contributed by atoms with Crippen molar-refractivity contribution in [2.75, 3.05) is 7.11 Å². The minimum absolute atomic E-state index is 0.0645. The molecule has 0 aromatic carbocycles. The van der Waals surface area contributed by atoms with Crippen molar-refractivity contribution in [1.29, 1.82) is 0 Å². The van der Waals surface area contributed by atoms with Gasteiger partial charge in [0.15, 0.2) is 0 Å². The fourth-order valence-electron chi connectivity index (χ4n) is 0.381. The van der Waals surface area contributed by atoms with Gasteiger partial charge in [0.1, 0.15) is 0 Å². The van der Waals surface area contributed by atoms with Gasteiger partial charge in [0, 0.05) is 17.3 Å². The van der Waals surface area contributed by atoms with E-state index in [0.717, 1.165) is 4.48 Å². The number of hydrogen-bond donors (Lipinski definition) is 1. The molecule has 2 nitrogen and oxygen atoms in total. The zero-order valence-corrected chi connectivity index (χ0v) is 7.81. The van der Waals surface area contributed by atoms with Crippen molar-refractivity contribution >= 4 is 15.9 Å². The molecule has 0 heterocycles. The first-order valence-corrected chi connectivity index (χ1v) is 3.72. The predicted octanol–water partition coefficient (Wildman–Crippen LogP) is 1.77. The molecule has 0 saturated heterocycles. The topological polar surface area (TPSA) is 35.2 Å². The van der Waals surface area contributed by atoms with E-state index in [-0.39, 0.29) is 6.10 Å². The predicted molar refractivity (Wildman–Crippen MR) is 46.8 cm³/mol. The van der Waals surface area contributed by atoms with E-state index in [1.807, 2.05) is 13.0 Å². The molecule has 0 aliphatic heterocycles. The zero-order chi connectivity index (χ0) is 8.15. The highest BCUT2D eigenvalue weighted by Crippen LogP contribution is 2.11. The van der Waals surface area contributed by atoms with Gasteiger partial charge in [0.25, 0.3) is 0 Å². The Morgan fingerprint density at radius 2 is 2.30 bits per heavy atom. The molecule has 0 rings (SSSR count). The van der Waals surface area contributed by atoms with Crippen LogP contribution in [0.3, 0.4) is 0 Å². The lowest BCUT2D eigenvalue weighted by molar-refractivity contribution is 0.156. The Balaban J connectivity index is 4.02. The highest BCUT2D eigenvalue weighted by Gasteiger charge is 1.96. The van der Waals surface area contributed by atoms with Crippen LogP contribution < -0.4 is 5.73 Å². The molecule has 58 valence electrons. The van der Waals surface area contributed by atoms with E-state index in [0.29, 0.717) is 5.70 Å². The van der Waals surface area contributed by atoms with Gasteiger partial charge in [-0.1, -0.05) is 6.58 Å². The summed E-state index contributed by atoms with van der Waals surface area (Å²) in [4.78, 5) is 0. The normalized spacial score (nSPS) is 14.9. The first kappa shape index (κ1) is 9.72. The fraction of sp³-hybridized carbons (Fsp3) is 0.429. The third-order valence-corrected chi connectivity index (χ3v) is 1.83. The Labute approximate surface area is 69.9 Å². The smallest absolute Gasteiger partial charge is 0.0738 e. The van der Waals surface area contributed by atoms with Crippen LogP contribution in [0.15, 0.2) is 22.8 Å². The van der Waals surface area contributed by atoms with E-state index in [9.17, 15) is 0 Å². The third kappa shape index (κ3) is 3.69. The second-order valence-electron chi connectivity index (χ2n) is 1.98. The van der Waals surface area contributed by atoms with Crippen LogP contribution >= 0.6 is 15.9 Å². The first-order valence-electron chi connectivity index (χ1n) is 2.92. The van der Waals surface area contributed by atoms with Crippen LogP contribution in [-0.4, -0.2) is 13.2 Å². The van der Waals surface area contributed by atoms with Crippen LogP contribution in [0, 0.1) is 0 Å². The van der Waals surface area contributed by atoms with Crippen LogP contribution in [-0.2, 0) is 4.74 Å². The molecule has 0 aromatic rings. The molecule has 0 bridgehead atoms. The zero-order valence-electron chi connectivity index (χ0n) is 6.23. The lowest BCUT2D eigenvalue weighted by Gasteiger charge is -2.03. The largest absolute Gasteiger partial charge is 0.398 e. The second kappa shape index (κ2) is 4.52. The van der Waals surface area contributed by atoms with Gasteiger partial charge < -0.3 is 10.5 Å². The van der Waals surface area contributed by atoms with Crippen molar-refractivity contribution in [3.63, 3.8) is 0 Å². The molecule has 0 spiro atoms. The molecule has 0 fully saturated rings. The van der Waals surface area contributed by atoms with Crippen molar-refractivity contribution in [1.82, 2.24) is 0 Å². The molecular weight excluding hydrogens is 194 g/mol. The minimum Gasteiger partial charge on any atom is -0.398 e. The molecule has 1 unspecified atom stereocenters. The molecule has 10 heavy (non-hydrogen) atoms. The Morgan fingerprint density at radius 3 is 2.60 bits per heavy atom. The van der Waals surface area contributed by atoms with Crippen LogP contribution in [0.4, 0.5) is 0 Å². The first-order chi connectivity index (χ1) is 4.57. The van der Waals surface area contributed by atoms with Crippen LogP contribution in [0.5, 0.6) is 0 Å². The summed E-state index contributed by atoms with van der Waals surface area (Å²) in [7, 11) is 1.64. The number of ether oxygens (including phenoxy) is 1. The maximum absolute atomic E-state index is 5.37. The Kier molecular flexibility index (Phi) is 4.40. The molecule has 1 atom stereocenters. The highest BCUT2D eigenvalue weighted by atomic mass is 79.9. The average molecular weight is 206 g/mol. The summed E-state index contributed by atoms with van der Waals surface area (Å²) in [5, 5.41) is 0. The van der Waals surface area contributed by atoms with E-state index in [1.165, 1.54) is 0 Å². The van der Waals surface area contributed by atoms with Gasteiger partial charge in [-0.25, -0.2) is 0 Å². The van der Waals surface area contributed by atoms with Gasteiger partial charge in [-0.2, -0.15) is 0 Å². The average Bonchev–Trinajstić information content (AvgIpc) is 1.87. The monoisotopic (exact) mass is 205 g/mol. The van der Waals surface area contributed by atoms with Crippen LogP contribution in [0.2, 0.25) is 0 Å². The molecule has 0 amide bonds. The van der Waals surface area contributed by atoms with Crippen molar-refractivity contribution in [2.24, 2.45) is 5.73 Å². The van der Waals surface area contributed by atoms with Gasteiger partial charge in [-0.05, 0) is 28.9 Å². The fourth-order valence-corrected chi connectivity index (χ4v) is 0.753. The lowest BCUT2D eigenvalue weighted by Crippen LogP contribution is -2.02. The van der Waals surface area contributed by atoms with Crippen molar-refractivity contribution < 1.29 is 4.74 Å². The summed E-state index contributed by atoms with van der Waals surface area (Å²) in [5.41, 5.74) is 5.89.